The monoisotopic (exact) mass is 514 g/mol. The van der Waals surface area contributed by atoms with Crippen molar-refractivity contribution >= 4 is 33.3 Å². The van der Waals surface area contributed by atoms with Gasteiger partial charge in [0.25, 0.3) is 15.9 Å². The quantitative estimate of drug-likeness (QED) is 0.482. The van der Waals surface area contributed by atoms with Crippen molar-refractivity contribution in [1.29, 1.82) is 0 Å². The molecule has 0 saturated carbocycles. The minimum absolute atomic E-state index is 0.0222. The molecule has 1 heterocycles. The Bertz CT molecular complexity index is 1390. The van der Waals surface area contributed by atoms with Crippen molar-refractivity contribution in [3.63, 3.8) is 0 Å². The Morgan fingerprint density at radius 3 is 2.53 bits per heavy atom. The van der Waals surface area contributed by atoms with E-state index >= 15 is 0 Å². The van der Waals surface area contributed by atoms with Crippen LogP contribution in [0.4, 0.5) is 15.8 Å². The van der Waals surface area contributed by atoms with Crippen LogP contribution in [0.5, 0.6) is 11.5 Å². The largest absolute Gasteiger partial charge is 0.483 e. The minimum atomic E-state index is -3.93. The van der Waals surface area contributed by atoms with Crippen molar-refractivity contribution in [1.82, 2.24) is 0 Å². The van der Waals surface area contributed by atoms with Crippen LogP contribution in [-0.2, 0) is 24.3 Å². The molecule has 4 rings (SSSR count). The van der Waals surface area contributed by atoms with Gasteiger partial charge in [0.2, 0.25) is 6.10 Å². The van der Waals surface area contributed by atoms with Crippen LogP contribution < -0.4 is 19.1 Å². The van der Waals surface area contributed by atoms with E-state index in [0.29, 0.717) is 22.7 Å². The van der Waals surface area contributed by atoms with Crippen molar-refractivity contribution in [3.8, 4) is 11.5 Å². The van der Waals surface area contributed by atoms with E-state index in [9.17, 15) is 22.4 Å². The number of rotatable bonds is 7. The predicted molar refractivity (Wildman–Crippen MR) is 129 cm³/mol. The number of hydrogen-bond donors (Lipinski definition) is 1. The maximum Gasteiger partial charge on any atom is 0.348 e. The Morgan fingerprint density at radius 2 is 1.83 bits per heavy atom. The molecule has 0 spiro atoms. The van der Waals surface area contributed by atoms with Crippen LogP contribution in [0.25, 0.3) is 0 Å². The number of ether oxygens (including phenoxy) is 3. The Hall–Kier alpha value is -4.12. The van der Waals surface area contributed by atoms with Gasteiger partial charge in [0.05, 0.1) is 24.2 Å². The van der Waals surface area contributed by atoms with Gasteiger partial charge in [0.1, 0.15) is 17.3 Å². The molecule has 0 aromatic heterocycles. The number of nitrogens with one attached hydrogen (secondary N) is 1. The average Bonchev–Trinajstić information content (AvgIpc) is 2.87. The molecule has 36 heavy (non-hydrogen) atoms. The highest BCUT2D eigenvalue weighted by atomic mass is 32.2. The standard InChI is InChI=1S/C25H23FN2O7S/c1-16-13-19(36(31,32)27-18-9-7-17(26)8-10-18)11-12-21(16)34-15-24(29)28-14-23(25(30)33-2)35-22-6-4-3-5-20(22)28/h3-13,23,27H,14-15H2,1-2H3/t23-/m0/s1. The Balaban J connectivity index is 1.46. The highest BCUT2D eigenvalue weighted by molar-refractivity contribution is 7.92. The number of sulfonamides is 1. The zero-order valence-electron chi connectivity index (χ0n) is 19.4. The summed E-state index contributed by atoms with van der Waals surface area (Å²) in [7, 11) is -2.69. The number of hydrogen-bond acceptors (Lipinski definition) is 7. The van der Waals surface area contributed by atoms with Crippen LogP contribution in [0.2, 0.25) is 0 Å². The van der Waals surface area contributed by atoms with Crippen LogP contribution in [0.1, 0.15) is 5.56 Å². The van der Waals surface area contributed by atoms with Gasteiger partial charge >= 0.3 is 5.97 Å². The third-order valence-electron chi connectivity index (χ3n) is 5.44. The third-order valence-corrected chi connectivity index (χ3v) is 6.82. The van der Waals surface area contributed by atoms with E-state index < -0.39 is 33.8 Å². The number of carbonyl (C=O) groups is 2. The van der Waals surface area contributed by atoms with Crippen LogP contribution >= 0.6 is 0 Å². The third kappa shape index (κ3) is 5.41. The van der Waals surface area contributed by atoms with Crippen molar-refractivity contribution in [2.45, 2.75) is 17.9 Å². The molecule has 0 radical (unpaired) electrons. The lowest BCUT2D eigenvalue weighted by atomic mass is 10.2. The summed E-state index contributed by atoms with van der Waals surface area (Å²) in [6.45, 7) is 1.24. The van der Waals surface area contributed by atoms with Gasteiger partial charge in [-0.15, -0.1) is 0 Å². The highest BCUT2D eigenvalue weighted by Gasteiger charge is 2.34. The van der Waals surface area contributed by atoms with Gasteiger partial charge < -0.3 is 19.1 Å². The van der Waals surface area contributed by atoms with Crippen molar-refractivity contribution in [2.24, 2.45) is 0 Å². The zero-order chi connectivity index (χ0) is 25.9. The number of carbonyl (C=O) groups excluding carboxylic acids is 2. The number of halogens is 1. The summed E-state index contributed by atoms with van der Waals surface area (Å²) >= 11 is 0. The Morgan fingerprint density at radius 1 is 1.11 bits per heavy atom. The van der Waals surface area contributed by atoms with Gasteiger partial charge in [0.15, 0.2) is 6.61 Å². The molecule has 1 N–H and O–H groups in total. The molecule has 11 heteroatoms. The minimum Gasteiger partial charge on any atom is -0.483 e. The number of para-hydroxylation sites is 2. The highest BCUT2D eigenvalue weighted by Crippen LogP contribution is 2.33. The molecular weight excluding hydrogens is 491 g/mol. The first-order valence-electron chi connectivity index (χ1n) is 10.8. The van der Waals surface area contributed by atoms with Gasteiger partial charge in [-0.3, -0.25) is 9.52 Å². The summed E-state index contributed by atoms with van der Waals surface area (Å²) in [5, 5.41) is 0. The molecule has 188 valence electrons. The fourth-order valence-corrected chi connectivity index (χ4v) is 4.77. The molecule has 1 aliphatic rings. The smallest absolute Gasteiger partial charge is 0.348 e. The number of benzene rings is 3. The number of amides is 1. The van der Waals surface area contributed by atoms with E-state index in [0.717, 1.165) is 12.1 Å². The van der Waals surface area contributed by atoms with E-state index in [-0.39, 0.29) is 23.7 Å². The lowest BCUT2D eigenvalue weighted by molar-refractivity contribution is -0.148. The van der Waals surface area contributed by atoms with Crippen LogP contribution in [0.15, 0.2) is 71.6 Å². The van der Waals surface area contributed by atoms with Crippen molar-refractivity contribution in [3.05, 3.63) is 78.1 Å². The van der Waals surface area contributed by atoms with Crippen molar-refractivity contribution in [2.75, 3.05) is 29.9 Å². The molecule has 3 aromatic rings. The Labute approximate surface area is 207 Å². The second-order valence-electron chi connectivity index (χ2n) is 7.93. The maximum absolute atomic E-state index is 13.1. The lowest BCUT2D eigenvalue weighted by Gasteiger charge is -2.33. The fraction of sp³-hybridized carbons (Fsp3) is 0.200. The summed E-state index contributed by atoms with van der Waals surface area (Å²) in [5.41, 5.74) is 1.20. The summed E-state index contributed by atoms with van der Waals surface area (Å²) < 4.78 is 56.9. The van der Waals surface area contributed by atoms with Gasteiger partial charge in [-0.2, -0.15) is 0 Å². The molecular formula is C25H23FN2O7S. The van der Waals surface area contributed by atoms with E-state index in [1.165, 1.54) is 42.3 Å². The number of fused-ring (bicyclic) bond motifs is 1. The average molecular weight is 515 g/mol. The lowest BCUT2D eigenvalue weighted by Crippen LogP contribution is -2.48. The summed E-state index contributed by atoms with van der Waals surface area (Å²) in [5.74, 6) is -0.827. The van der Waals surface area contributed by atoms with Gasteiger partial charge in [-0.25, -0.2) is 17.6 Å². The molecule has 0 fully saturated rings. The van der Waals surface area contributed by atoms with Crippen LogP contribution in [0.3, 0.4) is 0 Å². The summed E-state index contributed by atoms with van der Waals surface area (Å²) in [6, 6.07) is 15.9. The zero-order valence-corrected chi connectivity index (χ0v) is 20.3. The number of anilines is 2. The van der Waals surface area contributed by atoms with Crippen LogP contribution in [0, 0.1) is 12.7 Å². The van der Waals surface area contributed by atoms with E-state index in [4.69, 9.17) is 14.2 Å². The van der Waals surface area contributed by atoms with Crippen LogP contribution in [-0.4, -0.2) is 46.7 Å². The summed E-state index contributed by atoms with van der Waals surface area (Å²) in [4.78, 5) is 26.4. The number of esters is 1. The van der Waals surface area contributed by atoms with Gasteiger partial charge in [-0.05, 0) is 67.1 Å². The molecule has 0 aliphatic carbocycles. The second-order valence-corrected chi connectivity index (χ2v) is 9.61. The first kappa shape index (κ1) is 25.0. The Kier molecular flexibility index (Phi) is 7.11. The fourth-order valence-electron chi connectivity index (χ4n) is 3.63. The second kappa shape index (κ2) is 10.2. The predicted octanol–water partition coefficient (Wildman–Crippen LogP) is 3.28. The number of nitrogens with zero attached hydrogens (tertiary/aromatic N) is 1. The molecule has 3 aromatic carbocycles. The number of aryl methyl sites for hydroxylation is 1. The molecule has 9 nitrogen and oxygen atoms in total. The van der Waals surface area contributed by atoms with Gasteiger partial charge in [0, 0.05) is 5.69 Å². The number of methoxy groups -OCH3 is 1. The summed E-state index contributed by atoms with van der Waals surface area (Å²) in [6.07, 6.45) is -0.978. The first-order chi connectivity index (χ1) is 17.2. The maximum atomic E-state index is 13.1. The first-order valence-corrected chi connectivity index (χ1v) is 12.3. The molecule has 0 unspecified atom stereocenters. The SMILES string of the molecule is COC(=O)[C@@H]1CN(C(=O)COc2ccc(S(=O)(=O)Nc3ccc(F)cc3)cc2C)c2ccccc2O1. The van der Waals surface area contributed by atoms with Crippen molar-refractivity contribution < 1.29 is 36.6 Å². The molecule has 1 aliphatic heterocycles. The molecule has 0 bridgehead atoms. The molecule has 0 saturated heterocycles. The molecule has 1 atom stereocenters. The van der Waals surface area contributed by atoms with E-state index in [1.54, 1.807) is 31.2 Å². The normalized spacial score (nSPS) is 14.9. The van der Waals surface area contributed by atoms with E-state index in [2.05, 4.69) is 4.72 Å². The topological polar surface area (TPSA) is 111 Å². The van der Waals surface area contributed by atoms with Gasteiger partial charge in [-0.1, -0.05) is 12.1 Å². The van der Waals surface area contributed by atoms with E-state index in [1.807, 2.05) is 0 Å². The molecule has 1 amide bonds.